The number of hydrogen-bond donors (Lipinski definition) is 0. The molecule has 1 fully saturated rings. The van der Waals surface area contributed by atoms with E-state index in [4.69, 9.17) is 9.47 Å². The summed E-state index contributed by atoms with van der Waals surface area (Å²) in [5.74, 6) is 0.618. The van der Waals surface area contributed by atoms with Gasteiger partial charge in [-0.2, -0.15) is 0 Å². The molecule has 0 aromatic rings. The zero-order valence-corrected chi connectivity index (χ0v) is 16.2. The minimum atomic E-state index is -0.164. The molecule has 1 aliphatic rings. The fourth-order valence-electron chi connectivity index (χ4n) is 3.39. The minimum absolute atomic E-state index is 0.0688. The quantitative estimate of drug-likeness (QED) is 0.580. The van der Waals surface area contributed by atoms with Gasteiger partial charge in [0.2, 0.25) is 0 Å². The van der Waals surface area contributed by atoms with Gasteiger partial charge in [0.1, 0.15) is 5.60 Å². The van der Waals surface area contributed by atoms with Crippen LogP contribution in [0.2, 0.25) is 0 Å². The van der Waals surface area contributed by atoms with Crippen LogP contribution in [-0.4, -0.2) is 40.1 Å². The Balaban J connectivity index is 3.12. The molecule has 18 heavy (non-hydrogen) atoms. The molecule has 0 amide bonds. The van der Waals surface area contributed by atoms with Crippen molar-refractivity contribution < 1.29 is 9.47 Å². The topological polar surface area (TPSA) is 18.5 Å². The lowest BCUT2D eigenvalue weighted by Crippen LogP contribution is -2.63. The number of rotatable bonds is 4. The molecule has 0 saturated heterocycles. The van der Waals surface area contributed by atoms with Crippen LogP contribution >= 0.6 is 15.9 Å². The summed E-state index contributed by atoms with van der Waals surface area (Å²) in [5.41, 5.74) is -0.164. The van der Waals surface area contributed by atoms with Crippen LogP contribution in [-0.2, 0) is 9.47 Å². The number of halogens is 1. The molecule has 0 heterocycles. The van der Waals surface area contributed by atoms with Crippen molar-refractivity contribution in [2.75, 3.05) is 14.2 Å². The molecule has 3 unspecified atom stereocenters. The van der Waals surface area contributed by atoms with Gasteiger partial charge in [0, 0.05) is 29.3 Å². The Morgan fingerprint density at radius 3 is 2.39 bits per heavy atom. The highest BCUT2D eigenvalue weighted by molar-refractivity contribution is 9.09. The van der Waals surface area contributed by atoms with Crippen LogP contribution in [0.5, 0.6) is 0 Å². The van der Waals surface area contributed by atoms with Gasteiger partial charge in [-0.3, -0.25) is 0 Å². The van der Waals surface area contributed by atoms with Crippen molar-refractivity contribution in [1.82, 2.24) is 0 Å². The third kappa shape index (κ3) is 3.19. The van der Waals surface area contributed by atoms with E-state index in [1.54, 1.807) is 0 Å². The maximum Gasteiger partial charge on any atom is 0.105 e. The van der Waals surface area contributed by atoms with Gasteiger partial charge < -0.3 is 9.47 Å². The smallest absolute Gasteiger partial charge is 0.105 e. The van der Waals surface area contributed by atoms with E-state index in [-0.39, 0.29) is 10.8 Å². The van der Waals surface area contributed by atoms with Crippen molar-refractivity contribution in [3.05, 3.63) is 0 Å². The molecule has 108 valence electrons. The number of alkyl halides is 1. The molecular formula is C14H29BrO2Si. The summed E-state index contributed by atoms with van der Waals surface area (Å²) in [7, 11) is 4.74. The third-order valence-electron chi connectivity index (χ3n) is 4.54. The number of ether oxygens (including phenoxy) is 2. The van der Waals surface area contributed by atoms with Crippen molar-refractivity contribution in [1.29, 1.82) is 0 Å². The second-order valence-electron chi connectivity index (χ2n) is 6.19. The van der Waals surface area contributed by atoms with Crippen molar-refractivity contribution in [3.63, 3.8) is 0 Å². The molecular weight excluding hydrogens is 308 g/mol. The molecule has 0 aliphatic heterocycles. The molecule has 2 nitrogen and oxygen atoms in total. The molecule has 1 rings (SSSR count). The van der Waals surface area contributed by atoms with Crippen LogP contribution in [0.4, 0.5) is 0 Å². The monoisotopic (exact) mass is 336 g/mol. The Morgan fingerprint density at radius 1 is 1.22 bits per heavy atom. The fourth-order valence-corrected chi connectivity index (χ4v) is 6.11. The SMILES string of the molecule is COC1([SiH3])CCCCCC(Br)C1(CC(C)C)OC. The first kappa shape index (κ1) is 16.7. The molecule has 0 radical (unpaired) electrons. The summed E-state index contributed by atoms with van der Waals surface area (Å²) in [6, 6.07) is 0. The summed E-state index contributed by atoms with van der Waals surface area (Å²) in [4.78, 5) is 0.398. The number of hydrogen-bond acceptors (Lipinski definition) is 2. The normalized spacial score (nSPS) is 38.7. The molecule has 0 aromatic heterocycles. The lowest BCUT2D eigenvalue weighted by molar-refractivity contribution is -0.157. The van der Waals surface area contributed by atoms with Crippen LogP contribution in [0.1, 0.15) is 52.4 Å². The van der Waals surface area contributed by atoms with Crippen LogP contribution in [0.15, 0.2) is 0 Å². The molecule has 1 saturated carbocycles. The van der Waals surface area contributed by atoms with Gasteiger partial charge >= 0.3 is 0 Å². The van der Waals surface area contributed by atoms with Gasteiger partial charge in [0.05, 0.1) is 5.22 Å². The molecule has 4 heteroatoms. The highest BCUT2D eigenvalue weighted by atomic mass is 79.9. The van der Waals surface area contributed by atoms with E-state index in [0.717, 1.165) is 23.1 Å². The first-order valence-corrected chi connectivity index (χ1v) is 9.08. The van der Waals surface area contributed by atoms with Crippen LogP contribution in [0.3, 0.4) is 0 Å². The van der Waals surface area contributed by atoms with Crippen molar-refractivity contribution in [2.24, 2.45) is 5.92 Å². The molecule has 0 bridgehead atoms. The van der Waals surface area contributed by atoms with Gasteiger partial charge in [-0.25, -0.2) is 0 Å². The van der Waals surface area contributed by atoms with Gasteiger partial charge in [0.15, 0.2) is 0 Å². The Morgan fingerprint density at radius 2 is 1.89 bits per heavy atom. The standard InChI is InChI=1S/C14H29BrO2Si/c1-11(2)10-13(16-3)12(15)8-6-5-7-9-14(13,18)17-4/h11-12H,5-10H2,1-4,18H3. The number of methoxy groups -OCH3 is 2. The zero-order valence-electron chi connectivity index (χ0n) is 12.6. The summed E-state index contributed by atoms with van der Waals surface area (Å²) >= 11 is 3.92. The molecule has 0 spiro atoms. The fraction of sp³-hybridized carbons (Fsp3) is 1.00. The van der Waals surface area contributed by atoms with Crippen LogP contribution < -0.4 is 0 Å². The van der Waals surface area contributed by atoms with E-state index in [2.05, 4.69) is 29.8 Å². The van der Waals surface area contributed by atoms with Gasteiger partial charge in [-0.05, 0) is 25.2 Å². The van der Waals surface area contributed by atoms with E-state index in [1.807, 2.05) is 14.2 Å². The Kier molecular flexibility index (Phi) is 6.36. The molecule has 0 aromatic carbocycles. The second kappa shape index (κ2) is 6.87. The van der Waals surface area contributed by atoms with Gasteiger partial charge in [-0.1, -0.05) is 49.0 Å². The maximum absolute atomic E-state index is 6.11. The summed E-state index contributed by atoms with van der Waals surface area (Å²) < 4.78 is 12.1. The first-order chi connectivity index (χ1) is 8.42. The molecule has 1 aliphatic carbocycles. The van der Waals surface area contributed by atoms with E-state index < -0.39 is 0 Å². The van der Waals surface area contributed by atoms with Gasteiger partial charge in [0.25, 0.3) is 0 Å². The minimum Gasteiger partial charge on any atom is -0.380 e. The molecule has 3 atom stereocenters. The van der Waals surface area contributed by atoms with E-state index in [9.17, 15) is 0 Å². The summed E-state index contributed by atoms with van der Waals surface area (Å²) in [6.45, 7) is 4.55. The summed E-state index contributed by atoms with van der Waals surface area (Å²) in [5, 5.41) is -0.0688. The highest BCUT2D eigenvalue weighted by Gasteiger charge is 2.53. The maximum atomic E-state index is 6.11. The predicted octanol–water partition coefficient (Wildman–Crippen LogP) is 2.85. The van der Waals surface area contributed by atoms with Crippen molar-refractivity contribution in [3.8, 4) is 0 Å². The lowest BCUT2D eigenvalue weighted by Gasteiger charge is -2.52. The van der Waals surface area contributed by atoms with E-state index >= 15 is 0 Å². The van der Waals surface area contributed by atoms with Crippen LogP contribution in [0, 0.1) is 5.92 Å². The Bertz CT molecular complexity index is 262. The van der Waals surface area contributed by atoms with Gasteiger partial charge in [-0.15, -0.1) is 0 Å². The lowest BCUT2D eigenvalue weighted by atomic mass is 9.78. The van der Waals surface area contributed by atoms with Crippen molar-refractivity contribution >= 4 is 26.2 Å². The van der Waals surface area contributed by atoms with Crippen LogP contribution in [0.25, 0.3) is 0 Å². The molecule has 0 N–H and O–H groups in total. The van der Waals surface area contributed by atoms with E-state index in [0.29, 0.717) is 10.7 Å². The average molecular weight is 337 g/mol. The van der Waals surface area contributed by atoms with E-state index in [1.165, 1.54) is 25.7 Å². The zero-order chi connectivity index (χ0) is 13.8. The largest absolute Gasteiger partial charge is 0.380 e. The Hall–Kier alpha value is 0.617. The highest BCUT2D eigenvalue weighted by Crippen LogP contribution is 2.45. The summed E-state index contributed by atoms with van der Waals surface area (Å²) in [6.07, 6.45) is 7.26. The predicted molar refractivity (Wildman–Crippen MR) is 84.7 cm³/mol. The van der Waals surface area contributed by atoms with Crippen molar-refractivity contribution in [2.45, 2.75) is 68.0 Å². The third-order valence-corrected chi connectivity index (χ3v) is 7.49. The second-order valence-corrected chi connectivity index (χ2v) is 8.91. The first-order valence-electron chi connectivity index (χ1n) is 7.16. The average Bonchev–Trinajstić information content (AvgIpc) is 2.33. The Labute approximate surface area is 124 Å².